The minimum absolute atomic E-state index is 0.0388. The van der Waals surface area contributed by atoms with Crippen molar-refractivity contribution in [3.05, 3.63) is 17.7 Å². The second-order valence-corrected chi connectivity index (χ2v) is 6.54. The first-order valence-electron chi connectivity index (χ1n) is 8.79. The van der Waals surface area contributed by atoms with E-state index in [0.717, 1.165) is 25.7 Å². The van der Waals surface area contributed by atoms with E-state index in [1.807, 2.05) is 0 Å². The van der Waals surface area contributed by atoms with Crippen LogP contribution >= 0.6 is 0 Å². The zero-order chi connectivity index (χ0) is 17.9. The summed E-state index contributed by atoms with van der Waals surface area (Å²) in [5.41, 5.74) is 0.0507. The lowest BCUT2D eigenvalue weighted by atomic mass is 9.78. The van der Waals surface area contributed by atoms with Crippen LogP contribution in [0.1, 0.15) is 55.8 Å². The van der Waals surface area contributed by atoms with E-state index in [9.17, 15) is 9.59 Å². The molecule has 0 unspecified atom stereocenters. The summed E-state index contributed by atoms with van der Waals surface area (Å²) in [6.07, 6.45) is 5.47. The number of fused-ring (bicyclic) bond motifs is 1. The van der Waals surface area contributed by atoms with E-state index >= 15 is 0 Å². The van der Waals surface area contributed by atoms with Gasteiger partial charge >= 0.3 is 5.97 Å². The summed E-state index contributed by atoms with van der Waals surface area (Å²) >= 11 is 0. The van der Waals surface area contributed by atoms with Gasteiger partial charge in [0, 0.05) is 12.1 Å². The highest BCUT2D eigenvalue weighted by atomic mass is 16.6. The highest BCUT2D eigenvalue weighted by molar-refractivity contribution is 6.03. The number of ketones is 1. The standard InChI is InChI=1S/C19H24O6/c1-3-23-17(21)12-24-13-9-15(22-2)18-14(20)11-19(25-16(18)10-13)7-5-4-6-8-19/h9-10H,3-8,11-12H2,1-2H3. The summed E-state index contributed by atoms with van der Waals surface area (Å²) in [6, 6.07) is 3.28. The molecule has 0 radical (unpaired) electrons. The molecule has 0 bridgehead atoms. The Morgan fingerprint density at radius 1 is 1.24 bits per heavy atom. The minimum atomic E-state index is -0.445. The van der Waals surface area contributed by atoms with Gasteiger partial charge in [0.15, 0.2) is 12.4 Å². The lowest BCUT2D eigenvalue weighted by Crippen LogP contribution is -2.43. The van der Waals surface area contributed by atoms with Crippen LogP contribution in [0.25, 0.3) is 0 Å². The molecule has 0 aromatic heterocycles. The molecule has 1 aromatic rings. The Bertz CT molecular complexity index is 660. The minimum Gasteiger partial charge on any atom is -0.496 e. The summed E-state index contributed by atoms with van der Waals surface area (Å²) < 4.78 is 22.0. The summed E-state index contributed by atoms with van der Waals surface area (Å²) in [4.78, 5) is 24.2. The third-order valence-corrected chi connectivity index (χ3v) is 4.77. The number of carbonyl (C=O) groups is 2. The molecule has 1 aliphatic heterocycles. The van der Waals surface area contributed by atoms with E-state index in [1.165, 1.54) is 13.5 Å². The van der Waals surface area contributed by atoms with Crippen molar-refractivity contribution < 1.29 is 28.5 Å². The summed E-state index contributed by atoms with van der Waals surface area (Å²) in [5.74, 6) is 0.907. The molecule has 1 aliphatic carbocycles. The first kappa shape index (κ1) is 17.6. The van der Waals surface area contributed by atoms with Crippen LogP contribution in [0.15, 0.2) is 12.1 Å². The molecule has 1 aromatic carbocycles. The van der Waals surface area contributed by atoms with Gasteiger partial charge in [0.05, 0.1) is 20.1 Å². The Morgan fingerprint density at radius 2 is 2.00 bits per heavy atom. The predicted octanol–water partition coefficient (Wildman–Crippen LogP) is 3.31. The van der Waals surface area contributed by atoms with Gasteiger partial charge in [0.2, 0.25) is 0 Å². The molecule has 25 heavy (non-hydrogen) atoms. The van der Waals surface area contributed by atoms with Crippen molar-refractivity contribution in [3.8, 4) is 17.2 Å². The Hall–Kier alpha value is -2.24. The number of methoxy groups -OCH3 is 1. The van der Waals surface area contributed by atoms with Crippen LogP contribution in [-0.2, 0) is 9.53 Å². The van der Waals surface area contributed by atoms with Crippen LogP contribution in [-0.4, -0.2) is 37.7 Å². The van der Waals surface area contributed by atoms with E-state index in [4.69, 9.17) is 18.9 Å². The largest absolute Gasteiger partial charge is 0.496 e. The molecule has 6 heteroatoms. The predicted molar refractivity (Wildman–Crippen MR) is 90.5 cm³/mol. The molecule has 2 aliphatic rings. The van der Waals surface area contributed by atoms with Gasteiger partial charge in [-0.25, -0.2) is 4.79 Å². The monoisotopic (exact) mass is 348 g/mol. The van der Waals surface area contributed by atoms with E-state index in [1.54, 1.807) is 19.1 Å². The number of hydrogen-bond acceptors (Lipinski definition) is 6. The number of hydrogen-bond donors (Lipinski definition) is 0. The maximum absolute atomic E-state index is 12.7. The average Bonchev–Trinajstić information content (AvgIpc) is 2.59. The average molecular weight is 348 g/mol. The van der Waals surface area contributed by atoms with Crippen molar-refractivity contribution in [2.75, 3.05) is 20.3 Å². The van der Waals surface area contributed by atoms with Crippen LogP contribution in [0.3, 0.4) is 0 Å². The summed E-state index contributed by atoms with van der Waals surface area (Å²) in [6.45, 7) is 1.84. The second kappa shape index (κ2) is 7.33. The maximum atomic E-state index is 12.7. The lowest BCUT2D eigenvalue weighted by molar-refractivity contribution is -0.145. The lowest BCUT2D eigenvalue weighted by Gasteiger charge is -2.41. The Balaban J connectivity index is 1.86. The fourth-order valence-corrected chi connectivity index (χ4v) is 3.64. The number of esters is 1. The SMILES string of the molecule is CCOC(=O)COc1cc(OC)c2c(c1)OC1(CCCCC1)CC2=O. The van der Waals surface area contributed by atoms with Gasteiger partial charge in [-0.05, 0) is 32.6 Å². The third-order valence-electron chi connectivity index (χ3n) is 4.77. The number of ether oxygens (including phenoxy) is 4. The number of rotatable bonds is 5. The number of benzene rings is 1. The van der Waals surface area contributed by atoms with Crippen molar-refractivity contribution in [2.24, 2.45) is 0 Å². The zero-order valence-corrected chi connectivity index (χ0v) is 14.8. The van der Waals surface area contributed by atoms with Gasteiger partial charge in [0.1, 0.15) is 28.4 Å². The van der Waals surface area contributed by atoms with E-state index in [-0.39, 0.29) is 12.4 Å². The topological polar surface area (TPSA) is 71.1 Å². The highest BCUT2D eigenvalue weighted by Crippen LogP contribution is 2.46. The molecular weight excluding hydrogens is 324 g/mol. The highest BCUT2D eigenvalue weighted by Gasteiger charge is 2.42. The number of Topliss-reactive ketones (excluding diaryl/α,β-unsaturated/α-hetero) is 1. The molecule has 0 atom stereocenters. The molecular formula is C19H24O6. The quantitative estimate of drug-likeness (QED) is 0.760. The molecule has 136 valence electrons. The first-order valence-corrected chi connectivity index (χ1v) is 8.79. The van der Waals surface area contributed by atoms with Crippen molar-refractivity contribution in [1.29, 1.82) is 0 Å². The number of carbonyl (C=O) groups excluding carboxylic acids is 2. The molecule has 0 N–H and O–H groups in total. The van der Waals surface area contributed by atoms with Gasteiger partial charge < -0.3 is 18.9 Å². The van der Waals surface area contributed by atoms with Gasteiger partial charge in [0.25, 0.3) is 0 Å². The Kier molecular flexibility index (Phi) is 5.16. The van der Waals surface area contributed by atoms with E-state index in [2.05, 4.69) is 0 Å². The molecule has 6 nitrogen and oxygen atoms in total. The smallest absolute Gasteiger partial charge is 0.344 e. The second-order valence-electron chi connectivity index (χ2n) is 6.54. The zero-order valence-electron chi connectivity index (χ0n) is 14.8. The molecule has 1 spiro atoms. The van der Waals surface area contributed by atoms with Crippen molar-refractivity contribution in [3.63, 3.8) is 0 Å². The summed E-state index contributed by atoms with van der Waals surface area (Å²) in [5, 5.41) is 0. The van der Waals surface area contributed by atoms with Crippen molar-refractivity contribution >= 4 is 11.8 Å². The fraction of sp³-hybridized carbons (Fsp3) is 0.579. The fourth-order valence-electron chi connectivity index (χ4n) is 3.64. The normalized spacial score (nSPS) is 18.2. The van der Waals surface area contributed by atoms with Gasteiger partial charge in [-0.3, -0.25) is 4.79 Å². The van der Waals surface area contributed by atoms with Gasteiger partial charge in [-0.1, -0.05) is 6.42 Å². The van der Waals surface area contributed by atoms with E-state index < -0.39 is 11.6 Å². The molecule has 0 amide bonds. The van der Waals surface area contributed by atoms with Gasteiger partial charge in [-0.2, -0.15) is 0 Å². The van der Waals surface area contributed by atoms with Crippen LogP contribution in [0.5, 0.6) is 17.2 Å². The van der Waals surface area contributed by atoms with Gasteiger partial charge in [-0.15, -0.1) is 0 Å². The first-order chi connectivity index (χ1) is 12.1. The molecule has 1 saturated carbocycles. The van der Waals surface area contributed by atoms with Crippen molar-refractivity contribution in [1.82, 2.24) is 0 Å². The Morgan fingerprint density at radius 3 is 2.68 bits per heavy atom. The van der Waals surface area contributed by atoms with Crippen molar-refractivity contribution in [2.45, 2.75) is 51.0 Å². The molecule has 1 fully saturated rings. The van der Waals surface area contributed by atoms with Crippen LogP contribution in [0, 0.1) is 0 Å². The van der Waals surface area contributed by atoms with Crippen LogP contribution < -0.4 is 14.2 Å². The molecule has 3 rings (SSSR count). The molecule has 0 saturated heterocycles. The van der Waals surface area contributed by atoms with E-state index in [0.29, 0.717) is 35.8 Å². The third kappa shape index (κ3) is 3.72. The van der Waals surface area contributed by atoms with Crippen LogP contribution in [0.2, 0.25) is 0 Å². The Labute approximate surface area is 147 Å². The summed E-state index contributed by atoms with van der Waals surface area (Å²) in [7, 11) is 1.50. The molecule has 1 heterocycles. The van der Waals surface area contributed by atoms with Crippen LogP contribution in [0.4, 0.5) is 0 Å². The maximum Gasteiger partial charge on any atom is 0.344 e.